The maximum absolute atomic E-state index is 13.4. The summed E-state index contributed by atoms with van der Waals surface area (Å²) in [6.07, 6.45) is 0. The molecule has 2 aromatic rings. The largest absolute Gasteiger partial charge is 0.379 e. The first kappa shape index (κ1) is 13.1. The fraction of sp³-hybridized carbons (Fsp3) is 0.308. The number of rotatable bonds is 3. The van der Waals surface area contributed by atoms with E-state index in [2.05, 4.69) is 26.3 Å². The molecule has 0 amide bonds. The van der Waals surface area contributed by atoms with E-state index in [9.17, 15) is 4.39 Å². The average Bonchev–Trinajstić information content (AvgIpc) is 2.56. The summed E-state index contributed by atoms with van der Waals surface area (Å²) in [5.41, 5.74) is 3.43. The number of halogens is 2. The zero-order valence-corrected chi connectivity index (χ0v) is 12.2. The Morgan fingerprint density at radius 2 is 2.11 bits per heavy atom. The molecule has 0 saturated carbocycles. The van der Waals surface area contributed by atoms with E-state index in [-0.39, 0.29) is 5.82 Å². The van der Waals surface area contributed by atoms with E-state index < -0.39 is 0 Å². The van der Waals surface area contributed by atoms with Gasteiger partial charge in [0.15, 0.2) is 0 Å². The number of nitrogens with one attached hydrogen (secondary N) is 1. The van der Waals surface area contributed by atoms with Crippen LogP contribution < -0.4 is 5.32 Å². The average molecular weight is 312 g/mol. The van der Waals surface area contributed by atoms with Crippen molar-refractivity contribution in [1.29, 1.82) is 0 Å². The van der Waals surface area contributed by atoms with E-state index in [0.29, 0.717) is 12.1 Å². The van der Waals surface area contributed by atoms with E-state index in [4.69, 9.17) is 0 Å². The van der Waals surface area contributed by atoms with Crippen molar-refractivity contribution >= 4 is 21.6 Å². The first-order valence-electron chi connectivity index (χ1n) is 5.67. The zero-order valence-electron chi connectivity index (χ0n) is 10.6. The summed E-state index contributed by atoms with van der Waals surface area (Å²) < 4.78 is 16.2. The van der Waals surface area contributed by atoms with Gasteiger partial charge in [0, 0.05) is 18.3 Å². The molecule has 0 radical (unpaired) electrons. The van der Waals surface area contributed by atoms with Gasteiger partial charge in [0.05, 0.1) is 22.4 Å². The number of hydrogen-bond donors (Lipinski definition) is 1. The van der Waals surface area contributed by atoms with Crippen LogP contribution in [0.15, 0.2) is 22.7 Å². The van der Waals surface area contributed by atoms with Crippen LogP contribution in [-0.2, 0) is 13.6 Å². The lowest BCUT2D eigenvalue weighted by molar-refractivity contribution is 0.619. The molecule has 0 atom stereocenters. The van der Waals surface area contributed by atoms with Crippen LogP contribution in [0.1, 0.15) is 17.0 Å². The minimum Gasteiger partial charge on any atom is -0.379 e. The van der Waals surface area contributed by atoms with E-state index in [0.717, 1.165) is 21.5 Å². The SMILES string of the molecule is Cc1nn(C)c(CNc2cccc(F)c2C)c1Br. The molecule has 1 aromatic heterocycles. The smallest absolute Gasteiger partial charge is 0.128 e. The molecule has 0 spiro atoms. The van der Waals surface area contributed by atoms with Crippen LogP contribution in [0.25, 0.3) is 0 Å². The molecule has 1 heterocycles. The Morgan fingerprint density at radius 3 is 2.72 bits per heavy atom. The summed E-state index contributed by atoms with van der Waals surface area (Å²) in [7, 11) is 1.90. The van der Waals surface area contributed by atoms with Gasteiger partial charge in [0.1, 0.15) is 5.82 Å². The molecule has 2 rings (SSSR count). The predicted octanol–water partition coefficient (Wildman–Crippen LogP) is 3.55. The minimum absolute atomic E-state index is 0.194. The molecule has 0 aliphatic heterocycles. The monoisotopic (exact) mass is 311 g/mol. The highest BCUT2D eigenvalue weighted by atomic mass is 79.9. The lowest BCUT2D eigenvalue weighted by Gasteiger charge is -2.10. The summed E-state index contributed by atoms with van der Waals surface area (Å²) in [5, 5.41) is 7.55. The molecule has 0 unspecified atom stereocenters. The third-order valence-corrected chi connectivity index (χ3v) is 4.01. The fourth-order valence-corrected chi connectivity index (χ4v) is 2.33. The van der Waals surface area contributed by atoms with Crippen molar-refractivity contribution in [2.24, 2.45) is 7.05 Å². The van der Waals surface area contributed by atoms with E-state index in [1.165, 1.54) is 6.07 Å². The number of aryl methyl sites for hydroxylation is 2. The van der Waals surface area contributed by atoms with E-state index >= 15 is 0 Å². The molecule has 96 valence electrons. The maximum Gasteiger partial charge on any atom is 0.128 e. The van der Waals surface area contributed by atoms with E-state index in [1.54, 1.807) is 13.0 Å². The Kier molecular flexibility index (Phi) is 3.71. The summed E-state index contributed by atoms with van der Waals surface area (Å²) in [5.74, 6) is -0.194. The van der Waals surface area contributed by atoms with Crippen LogP contribution >= 0.6 is 15.9 Å². The van der Waals surface area contributed by atoms with Crippen molar-refractivity contribution in [2.75, 3.05) is 5.32 Å². The summed E-state index contributed by atoms with van der Waals surface area (Å²) >= 11 is 3.51. The van der Waals surface area contributed by atoms with Gasteiger partial charge in [-0.1, -0.05) is 6.07 Å². The highest BCUT2D eigenvalue weighted by Crippen LogP contribution is 2.23. The van der Waals surface area contributed by atoms with Crippen molar-refractivity contribution in [2.45, 2.75) is 20.4 Å². The molecular weight excluding hydrogens is 297 g/mol. The quantitative estimate of drug-likeness (QED) is 0.939. The van der Waals surface area contributed by atoms with Crippen LogP contribution in [-0.4, -0.2) is 9.78 Å². The van der Waals surface area contributed by atoms with Gasteiger partial charge < -0.3 is 5.32 Å². The van der Waals surface area contributed by atoms with Gasteiger partial charge in [0.2, 0.25) is 0 Å². The van der Waals surface area contributed by atoms with Gasteiger partial charge in [-0.3, -0.25) is 4.68 Å². The Hall–Kier alpha value is -1.36. The number of nitrogens with zero attached hydrogens (tertiary/aromatic N) is 2. The molecule has 18 heavy (non-hydrogen) atoms. The lowest BCUT2D eigenvalue weighted by atomic mass is 10.2. The second kappa shape index (κ2) is 5.10. The fourth-order valence-electron chi connectivity index (χ4n) is 1.85. The number of hydrogen-bond acceptors (Lipinski definition) is 2. The van der Waals surface area contributed by atoms with Crippen molar-refractivity contribution < 1.29 is 4.39 Å². The van der Waals surface area contributed by atoms with Crippen LogP contribution in [0.5, 0.6) is 0 Å². The van der Waals surface area contributed by atoms with E-state index in [1.807, 2.05) is 24.7 Å². The zero-order chi connectivity index (χ0) is 13.3. The third kappa shape index (κ3) is 2.41. The van der Waals surface area contributed by atoms with Gasteiger partial charge in [-0.25, -0.2) is 4.39 Å². The Balaban J connectivity index is 2.19. The lowest BCUT2D eigenvalue weighted by Crippen LogP contribution is -2.07. The minimum atomic E-state index is -0.194. The van der Waals surface area contributed by atoms with Crippen molar-refractivity contribution in [3.8, 4) is 0 Å². The molecule has 1 N–H and O–H groups in total. The molecule has 0 saturated heterocycles. The highest BCUT2D eigenvalue weighted by Gasteiger charge is 2.11. The second-order valence-electron chi connectivity index (χ2n) is 4.24. The number of aromatic nitrogens is 2. The normalized spacial score (nSPS) is 10.7. The topological polar surface area (TPSA) is 29.9 Å². The molecule has 0 aliphatic carbocycles. The first-order chi connectivity index (χ1) is 8.50. The van der Waals surface area contributed by atoms with Crippen LogP contribution in [0.3, 0.4) is 0 Å². The van der Waals surface area contributed by atoms with Crippen LogP contribution in [0.2, 0.25) is 0 Å². The maximum atomic E-state index is 13.4. The standard InChI is InChI=1S/C13H15BrFN3/c1-8-10(15)5-4-6-11(8)16-7-12-13(14)9(2)17-18(12)3/h4-6,16H,7H2,1-3H3. The van der Waals surface area contributed by atoms with Crippen LogP contribution in [0.4, 0.5) is 10.1 Å². The van der Waals surface area contributed by atoms with Crippen molar-refractivity contribution in [1.82, 2.24) is 9.78 Å². The molecule has 3 nitrogen and oxygen atoms in total. The second-order valence-corrected chi connectivity index (χ2v) is 5.03. The number of benzene rings is 1. The summed E-state index contributed by atoms with van der Waals surface area (Å²) in [6.45, 7) is 4.31. The van der Waals surface area contributed by atoms with Crippen molar-refractivity contribution in [3.63, 3.8) is 0 Å². The molecule has 5 heteroatoms. The van der Waals surface area contributed by atoms with Gasteiger partial charge in [-0.2, -0.15) is 5.10 Å². The number of anilines is 1. The molecule has 0 aliphatic rings. The highest BCUT2D eigenvalue weighted by molar-refractivity contribution is 9.10. The summed E-state index contributed by atoms with van der Waals surface area (Å²) in [6, 6.07) is 5.04. The van der Waals surface area contributed by atoms with Gasteiger partial charge >= 0.3 is 0 Å². The first-order valence-corrected chi connectivity index (χ1v) is 6.47. The van der Waals surface area contributed by atoms with Crippen molar-refractivity contribution in [3.05, 3.63) is 45.4 Å². The van der Waals surface area contributed by atoms with Gasteiger partial charge in [0.25, 0.3) is 0 Å². The molecule has 0 fully saturated rings. The predicted molar refractivity (Wildman–Crippen MR) is 74.1 cm³/mol. The Morgan fingerprint density at radius 1 is 1.39 bits per heavy atom. The van der Waals surface area contributed by atoms with Gasteiger partial charge in [-0.05, 0) is 41.9 Å². The Bertz CT molecular complexity index is 578. The molecule has 0 bridgehead atoms. The molecule has 1 aromatic carbocycles. The third-order valence-electron chi connectivity index (χ3n) is 2.98. The van der Waals surface area contributed by atoms with Crippen LogP contribution in [0, 0.1) is 19.7 Å². The Labute approximate surface area is 114 Å². The molecular formula is C13H15BrFN3. The van der Waals surface area contributed by atoms with Gasteiger partial charge in [-0.15, -0.1) is 0 Å². The summed E-state index contributed by atoms with van der Waals surface area (Å²) in [4.78, 5) is 0.